The molecule has 0 fully saturated rings. The highest BCUT2D eigenvalue weighted by Crippen LogP contribution is 2.46. The molecule has 1 aliphatic heterocycles. The first-order valence-corrected chi connectivity index (χ1v) is 11.3. The van der Waals surface area contributed by atoms with Crippen molar-refractivity contribution >= 4 is 34.7 Å². The number of quaternary nitrogens is 1. The molecular weight excluding hydrogens is 439 g/mol. The second-order valence-corrected chi connectivity index (χ2v) is 8.64. The minimum atomic E-state index is -4.51. The van der Waals surface area contributed by atoms with Crippen LogP contribution in [-0.4, -0.2) is 48.0 Å². The maximum absolute atomic E-state index is 13.7. The second kappa shape index (κ2) is 9.57. The molecule has 166 valence electrons. The minimum absolute atomic E-state index is 0.0291. The van der Waals surface area contributed by atoms with Gasteiger partial charge in [-0.25, -0.2) is 4.68 Å². The van der Waals surface area contributed by atoms with Gasteiger partial charge in [-0.3, -0.25) is 4.79 Å². The van der Waals surface area contributed by atoms with Crippen LogP contribution in [0.25, 0.3) is 0 Å². The molecule has 0 unspecified atom stereocenters. The third-order valence-electron chi connectivity index (χ3n) is 5.39. The van der Waals surface area contributed by atoms with Gasteiger partial charge in [0.1, 0.15) is 10.8 Å². The third kappa shape index (κ3) is 4.92. The lowest BCUT2D eigenvalue weighted by molar-refractivity contribution is -0.896. The molecule has 0 spiro atoms. The number of alkyl halides is 3. The molecule has 3 N–H and O–H groups in total. The van der Waals surface area contributed by atoms with Crippen molar-refractivity contribution in [3.63, 3.8) is 0 Å². The molecule has 0 bridgehead atoms. The Kier molecular flexibility index (Phi) is 7.30. The number of rotatable bonds is 8. The molecule has 11 heteroatoms. The number of thiophene rings is 1. The van der Waals surface area contributed by atoms with Crippen molar-refractivity contribution in [3.05, 3.63) is 33.1 Å². The Labute approximate surface area is 182 Å². The SMILES string of the molecule is CC[NH+](CC)CCCNC(=O)c1nn2c(c1Cl)N[C@H](c1cccs1)C[C@@H]2C(F)(F)F. The zero-order valence-corrected chi connectivity index (χ0v) is 18.4. The average Bonchev–Trinajstić information content (AvgIpc) is 3.35. The highest BCUT2D eigenvalue weighted by atomic mass is 35.5. The Morgan fingerprint density at radius 1 is 1.43 bits per heavy atom. The summed E-state index contributed by atoms with van der Waals surface area (Å²) in [6.45, 7) is 7.51. The molecule has 0 radical (unpaired) electrons. The molecule has 2 atom stereocenters. The van der Waals surface area contributed by atoms with Gasteiger partial charge in [0.2, 0.25) is 0 Å². The maximum atomic E-state index is 13.7. The summed E-state index contributed by atoms with van der Waals surface area (Å²) in [7, 11) is 0. The van der Waals surface area contributed by atoms with Crippen LogP contribution in [0.3, 0.4) is 0 Å². The van der Waals surface area contributed by atoms with E-state index in [4.69, 9.17) is 11.6 Å². The van der Waals surface area contributed by atoms with E-state index in [0.717, 1.165) is 35.6 Å². The number of nitrogens with zero attached hydrogens (tertiary/aromatic N) is 2. The van der Waals surface area contributed by atoms with Crippen LogP contribution in [0.4, 0.5) is 19.0 Å². The smallest absolute Gasteiger partial charge is 0.361 e. The van der Waals surface area contributed by atoms with E-state index in [0.29, 0.717) is 6.54 Å². The summed E-state index contributed by atoms with van der Waals surface area (Å²) < 4.78 is 42.0. The van der Waals surface area contributed by atoms with Crippen LogP contribution >= 0.6 is 22.9 Å². The predicted molar refractivity (Wildman–Crippen MR) is 111 cm³/mol. The van der Waals surface area contributed by atoms with Crippen LogP contribution < -0.4 is 15.5 Å². The second-order valence-electron chi connectivity index (χ2n) is 7.28. The van der Waals surface area contributed by atoms with E-state index < -0.39 is 24.2 Å². The minimum Gasteiger partial charge on any atom is -0.361 e. The van der Waals surface area contributed by atoms with E-state index in [1.54, 1.807) is 12.1 Å². The molecule has 1 aliphatic rings. The highest BCUT2D eigenvalue weighted by Gasteiger charge is 2.48. The van der Waals surface area contributed by atoms with Gasteiger partial charge in [0.05, 0.1) is 25.7 Å². The Balaban J connectivity index is 1.77. The molecule has 2 aromatic rings. The summed E-state index contributed by atoms with van der Waals surface area (Å²) in [5.41, 5.74) is -0.185. The van der Waals surface area contributed by atoms with Crippen LogP contribution in [0, 0.1) is 0 Å². The Bertz CT molecular complexity index is 851. The first-order chi connectivity index (χ1) is 14.3. The number of hydrogen-bond acceptors (Lipinski definition) is 4. The van der Waals surface area contributed by atoms with E-state index in [1.165, 1.54) is 16.2 Å². The Morgan fingerprint density at radius 2 is 2.17 bits per heavy atom. The van der Waals surface area contributed by atoms with Crippen molar-refractivity contribution < 1.29 is 22.9 Å². The van der Waals surface area contributed by atoms with Crippen molar-refractivity contribution in [2.45, 2.75) is 44.9 Å². The molecule has 0 aliphatic carbocycles. The fourth-order valence-electron chi connectivity index (χ4n) is 3.64. The first kappa shape index (κ1) is 22.9. The summed E-state index contributed by atoms with van der Waals surface area (Å²) in [6, 6.07) is 1.16. The number of carbonyl (C=O) groups excluding carboxylic acids is 1. The van der Waals surface area contributed by atoms with Crippen molar-refractivity contribution in [2.75, 3.05) is 31.5 Å². The predicted octanol–water partition coefficient (Wildman–Crippen LogP) is 3.30. The number of carbonyl (C=O) groups is 1. The van der Waals surface area contributed by atoms with Gasteiger partial charge >= 0.3 is 6.18 Å². The molecule has 30 heavy (non-hydrogen) atoms. The summed E-state index contributed by atoms with van der Waals surface area (Å²) >= 11 is 7.68. The van der Waals surface area contributed by atoms with Crippen LogP contribution in [0.5, 0.6) is 0 Å². The molecular formula is C19H26ClF3N5OS+. The number of anilines is 1. The van der Waals surface area contributed by atoms with E-state index in [1.807, 2.05) is 5.38 Å². The van der Waals surface area contributed by atoms with Gasteiger partial charge in [-0.1, -0.05) is 17.7 Å². The number of aromatic nitrogens is 2. The molecule has 3 heterocycles. The molecule has 6 nitrogen and oxygen atoms in total. The van der Waals surface area contributed by atoms with Crippen LogP contribution in [0.1, 0.15) is 54.1 Å². The lowest BCUT2D eigenvalue weighted by Gasteiger charge is -2.32. The quantitative estimate of drug-likeness (QED) is 0.525. The molecule has 1 amide bonds. The number of hydrogen-bond donors (Lipinski definition) is 3. The number of nitrogens with one attached hydrogen (secondary N) is 3. The molecule has 3 rings (SSSR count). The average molecular weight is 465 g/mol. The topological polar surface area (TPSA) is 63.4 Å². The van der Waals surface area contributed by atoms with Gasteiger partial charge in [-0.05, 0) is 25.3 Å². The van der Waals surface area contributed by atoms with Gasteiger partial charge in [0.15, 0.2) is 11.7 Å². The zero-order chi connectivity index (χ0) is 21.9. The summed E-state index contributed by atoms with van der Waals surface area (Å²) in [5.74, 6) is -0.534. The van der Waals surface area contributed by atoms with E-state index in [-0.39, 0.29) is 23.0 Å². The number of halogens is 4. The van der Waals surface area contributed by atoms with E-state index in [9.17, 15) is 18.0 Å². The highest BCUT2D eigenvalue weighted by molar-refractivity contribution is 7.10. The third-order valence-corrected chi connectivity index (χ3v) is 6.73. The lowest BCUT2D eigenvalue weighted by atomic mass is 10.0. The molecule has 2 aromatic heterocycles. The molecule has 0 aromatic carbocycles. The Morgan fingerprint density at radius 3 is 2.77 bits per heavy atom. The maximum Gasteiger partial charge on any atom is 0.410 e. The lowest BCUT2D eigenvalue weighted by Crippen LogP contribution is -3.11. The summed E-state index contributed by atoms with van der Waals surface area (Å²) in [6.07, 6.45) is -3.97. The van der Waals surface area contributed by atoms with Crippen molar-refractivity contribution in [3.8, 4) is 0 Å². The fraction of sp³-hybridized carbons (Fsp3) is 0.579. The number of fused-ring (bicyclic) bond motifs is 1. The van der Waals surface area contributed by atoms with Gasteiger partial charge in [0.25, 0.3) is 5.91 Å². The molecule has 0 saturated heterocycles. The largest absolute Gasteiger partial charge is 0.410 e. The van der Waals surface area contributed by atoms with Crippen molar-refractivity contribution in [1.82, 2.24) is 15.1 Å². The molecule has 0 saturated carbocycles. The van der Waals surface area contributed by atoms with Crippen LogP contribution in [-0.2, 0) is 0 Å². The monoisotopic (exact) mass is 464 g/mol. The summed E-state index contributed by atoms with van der Waals surface area (Å²) in [4.78, 5) is 14.7. The van der Waals surface area contributed by atoms with Gasteiger partial charge < -0.3 is 15.5 Å². The van der Waals surface area contributed by atoms with E-state index in [2.05, 4.69) is 29.6 Å². The zero-order valence-electron chi connectivity index (χ0n) is 16.9. The summed E-state index contributed by atoms with van der Waals surface area (Å²) in [5, 5.41) is 11.4. The van der Waals surface area contributed by atoms with Gasteiger partial charge in [-0.2, -0.15) is 18.3 Å². The normalized spacial score (nSPS) is 18.9. The fourth-order valence-corrected chi connectivity index (χ4v) is 4.69. The van der Waals surface area contributed by atoms with Crippen molar-refractivity contribution in [1.29, 1.82) is 0 Å². The van der Waals surface area contributed by atoms with E-state index >= 15 is 0 Å². The Hall–Kier alpha value is -1.78. The van der Waals surface area contributed by atoms with Gasteiger partial charge in [-0.15, -0.1) is 11.3 Å². The standard InChI is InChI=1S/C19H25ClF3N5OS/c1-3-27(4-2)9-6-8-24-18(29)16-15(20)17-25-12(13-7-5-10-30-13)11-14(19(21,22)23)28(17)26-16/h5,7,10,12,14,25H,3-4,6,8-9,11H2,1-2H3,(H,24,29)/p+1/t12-,14+/m0/s1. The number of amides is 1. The van der Waals surface area contributed by atoms with Crippen LogP contribution in [0.15, 0.2) is 17.5 Å². The van der Waals surface area contributed by atoms with Crippen molar-refractivity contribution in [2.24, 2.45) is 0 Å². The van der Waals surface area contributed by atoms with Gasteiger partial charge in [0, 0.05) is 24.3 Å². The first-order valence-electron chi connectivity index (χ1n) is 10.0. The van der Waals surface area contributed by atoms with Crippen LogP contribution in [0.2, 0.25) is 5.02 Å².